The van der Waals surface area contributed by atoms with Crippen LogP contribution in [0.25, 0.3) is 0 Å². The SMILES string of the molecule is CCOc1c(N)nsc1NC1CCCC1. The first-order valence-corrected chi connectivity index (χ1v) is 6.23. The third-order valence-corrected chi connectivity index (χ3v) is 3.43. The zero-order chi connectivity index (χ0) is 10.7. The van der Waals surface area contributed by atoms with Gasteiger partial charge in [0.05, 0.1) is 6.61 Å². The number of hydrogen-bond acceptors (Lipinski definition) is 5. The van der Waals surface area contributed by atoms with Crippen LogP contribution in [0.3, 0.4) is 0 Å². The van der Waals surface area contributed by atoms with Gasteiger partial charge in [0.15, 0.2) is 16.6 Å². The largest absolute Gasteiger partial charge is 0.487 e. The van der Waals surface area contributed by atoms with E-state index in [-0.39, 0.29) is 0 Å². The van der Waals surface area contributed by atoms with Crippen LogP contribution < -0.4 is 15.8 Å². The van der Waals surface area contributed by atoms with Gasteiger partial charge in [-0.1, -0.05) is 12.8 Å². The summed E-state index contributed by atoms with van der Waals surface area (Å²) in [5.74, 6) is 1.23. The number of hydrogen-bond donors (Lipinski definition) is 2. The molecule has 0 aliphatic heterocycles. The highest BCUT2D eigenvalue weighted by Crippen LogP contribution is 2.37. The Morgan fingerprint density at radius 1 is 1.53 bits per heavy atom. The highest BCUT2D eigenvalue weighted by Gasteiger charge is 2.19. The Bertz CT molecular complexity index is 320. The Morgan fingerprint density at radius 2 is 2.27 bits per heavy atom. The lowest BCUT2D eigenvalue weighted by atomic mass is 10.2. The van der Waals surface area contributed by atoms with Gasteiger partial charge >= 0.3 is 0 Å². The predicted molar refractivity (Wildman–Crippen MR) is 63.6 cm³/mol. The predicted octanol–water partition coefficient (Wildman–Crippen LogP) is 2.48. The monoisotopic (exact) mass is 227 g/mol. The average molecular weight is 227 g/mol. The maximum absolute atomic E-state index is 5.74. The van der Waals surface area contributed by atoms with Crippen LogP contribution >= 0.6 is 11.5 Å². The van der Waals surface area contributed by atoms with Gasteiger partial charge in [-0.2, -0.15) is 4.37 Å². The molecule has 4 nitrogen and oxygen atoms in total. The normalized spacial score (nSPS) is 16.9. The first kappa shape index (κ1) is 10.5. The summed E-state index contributed by atoms with van der Waals surface area (Å²) in [6.07, 6.45) is 5.11. The summed E-state index contributed by atoms with van der Waals surface area (Å²) < 4.78 is 9.59. The lowest BCUT2D eigenvalue weighted by Crippen LogP contribution is -2.14. The minimum absolute atomic E-state index is 0.502. The summed E-state index contributed by atoms with van der Waals surface area (Å²) in [6.45, 7) is 2.58. The number of nitrogens with zero attached hydrogens (tertiary/aromatic N) is 1. The van der Waals surface area contributed by atoms with E-state index in [1.807, 2.05) is 6.92 Å². The summed E-state index contributed by atoms with van der Waals surface area (Å²) in [4.78, 5) is 0. The summed E-state index contributed by atoms with van der Waals surface area (Å²) in [5.41, 5.74) is 5.74. The van der Waals surface area contributed by atoms with E-state index in [2.05, 4.69) is 9.69 Å². The van der Waals surface area contributed by atoms with Crippen LogP contribution in [0.1, 0.15) is 32.6 Å². The van der Waals surface area contributed by atoms with Crippen molar-refractivity contribution in [2.24, 2.45) is 0 Å². The van der Waals surface area contributed by atoms with Crippen molar-refractivity contribution in [1.29, 1.82) is 0 Å². The molecule has 1 aliphatic carbocycles. The molecule has 0 aromatic carbocycles. The summed E-state index contributed by atoms with van der Waals surface area (Å²) in [6, 6.07) is 0.573. The van der Waals surface area contributed by atoms with Gasteiger partial charge < -0.3 is 15.8 Å². The Hall–Kier alpha value is -0.970. The zero-order valence-electron chi connectivity index (χ0n) is 8.95. The first-order valence-electron chi connectivity index (χ1n) is 5.45. The van der Waals surface area contributed by atoms with E-state index in [0.29, 0.717) is 18.5 Å². The van der Waals surface area contributed by atoms with Gasteiger partial charge in [-0.05, 0) is 31.3 Å². The molecule has 3 N–H and O–H groups in total. The molecule has 0 saturated heterocycles. The second kappa shape index (κ2) is 4.70. The number of nitrogens with two attached hydrogens (primary N) is 1. The Morgan fingerprint density at radius 3 is 2.93 bits per heavy atom. The number of aromatic nitrogens is 1. The molecule has 84 valence electrons. The van der Waals surface area contributed by atoms with E-state index < -0.39 is 0 Å². The molecular weight excluding hydrogens is 210 g/mol. The van der Waals surface area contributed by atoms with Gasteiger partial charge in [-0.3, -0.25) is 0 Å². The maximum atomic E-state index is 5.74. The smallest absolute Gasteiger partial charge is 0.197 e. The van der Waals surface area contributed by atoms with E-state index in [1.54, 1.807) is 0 Å². The third kappa shape index (κ3) is 2.34. The Kier molecular flexibility index (Phi) is 3.30. The van der Waals surface area contributed by atoms with E-state index in [1.165, 1.54) is 37.2 Å². The van der Waals surface area contributed by atoms with Gasteiger partial charge in [0, 0.05) is 6.04 Å². The molecule has 0 spiro atoms. The maximum Gasteiger partial charge on any atom is 0.197 e. The number of nitrogens with one attached hydrogen (secondary N) is 1. The second-order valence-corrected chi connectivity index (χ2v) is 4.56. The Labute approximate surface area is 94.0 Å². The first-order chi connectivity index (χ1) is 7.31. The fourth-order valence-corrected chi connectivity index (χ4v) is 2.66. The van der Waals surface area contributed by atoms with Crippen LogP contribution in [0.4, 0.5) is 10.8 Å². The molecule has 15 heavy (non-hydrogen) atoms. The molecular formula is C10H17N3OS. The molecule has 0 bridgehead atoms. The fraction of sp³-hybridized carbons (Fsp3) is 0.700. The van der Waals surface area contributed by atoms with Crippen molar-refractivity contribution >= 4 is 22.4 Å². The number of rotatable bonds is 4. The van der Waals surface area contributed by atoms with Gasteiger partial charge in [-0.15, -0.1) is 0 Å². The van der Waals surface area contributed by atoms with Gasteiger partial charge in [0.2, 0.25) is 0 Å². The van der Waals surface area contributed by atoms with Crippen molar-refractivity contribution < 1.29 is 4.74 Å². The standard InChI is InChI=1S/C10H17N3OS/c1-2-14-8-9(11)13-15-10(8)12-7-5-3-4-6-7/h7,12H,2-6H2,1H3,(H2,11,13). The Balaban J connectivity index is 2.05. The van der Waals surface area contributed by atoms with Gasteiger partial charge in [0.25, 0.3) is 0 Å². The van der Waals surface area contributed by atoms with Crippen LogP contribution in [-0.2, 0) is 0 Å². The van der Waals surface area contributed by atoms with Crippen LogP contribution in [0.5, 0.6) is 5.75 Å². The van der Waals surface area contributed by atoms with Crippen molar-refractivity contribution in [3.05, 3.63) is 0 Å². The van der Waals surface area contributed by atoms with E-state index in [0.717, 1.165) is 10.8 Å². The quantitative estimate of drug-likeness (QED) is 0.829. The number of anilines is 2. The minimum atomic E-state index is 0.502. The molecule has 1 saturated carbocycles. The van der Waals surface area contributed by atoms with Gasteiger partial charge in [0.1, 0.15) is 0 Å². The fourth-order valence-electron chi connectivity index (χ4n) is 1.93. The van der Waals surface area contributed by atoms with E-state index >= 15 is 0 Å². The zero-order valence-corrected chi connectivity index (χ0v) is 9.77. The topological polar surface area (TPSA) is 60.2 Å². The lowest BCUT2D eigenvalue weighted by Gasteiger charge is -2.12. The molecule has 0 atom stereocenters. The average Bonchev–Trinajstić information content (AvgIpc) is 2.83. The molecule has 2 rings (SSSR count). The molecule has 5 heteroatoms. The van der Waals surface area contributed by atoms with Crippen LogP contribution in [0, 0.1) is 0 Å². The van der Waals surface area contributed by atoms with Crippen LogP contribution in [0.2, 0.25) is 0 Å². The molecule has 1 heterocycles. The van der Waals surface area contributed by atoms with Crippen molar-refractivity contribution in [1.82, 2.24) is 4.37 Å². The summed E-state index contributed by atoms with van der Waals surface area (Å²) in [7, 11) is 0. The number of ether oxygens (including phenoxy) is 1. The highest BCUT2D eigenvalue weighted by molar-refractivity contribution is 7.11. The highest BCUT2D eigenvalue weighted by atomic mass is 32.1. The molecule has 1 aromatic heterocycles. The second-order valence-electron chi connectivity index (χ2n) is 3.78. The molecule has 1 fully saturated rings. The lowest BCUT2D eigenvalue weighted by molar-refractivity contribution is 0.344. The third-order valence-electron chi connectivity index (χ3n) is 2.65. The molecule has 0 amide bonds. The molecule has 0 unspecified atom stereocenters. The number of nitrogen functional groups attached to an aromatic ring is 1. The van der Waals surface area contributed by atoms with Crippen molar-refractivity contribution in [2.45, 2.75) is 38.6 Å². The summed E-state index contributed by atoms with van der Waals surface area (Å²) >= 11 is 1.39. The molecule has 1 aromatic rings. The summed E-state index contributed by atoms with van der Waals surface area (Å²) in [5, 5.41) is 4.45. The van der Waals surface area contributed by atoms with Crippen molar-refractivity contribution in [3.63, 3.8) is 0 Å². The van der Waals surface area contributed by atoms with Crippen LogP contribution in [0.15, 0.2) is 0 Å². The van der Waals surface area contributed by atoms with Gasteiger partial charge in [-0.25, -0.2) is 0 Å². The van der Waals surface area contributed by atoms with Crippen molar-refractivity contribution in [3.8, 4) is 5.75 Å². The minimum Gasteiger partial charge on any atom is -0.487 e. The van der Waals surface area contributed by atoms with E-state index in [4.69, 9.17) is 10.5 Å². The molecule has 0 radical (unpaired) electrons. The van der Waals surface area contributed by atoms with Crippen molar-refractivity contribution in [2.75, 3.05) is 17.7 Å². The van der Waals surface area contributed by atoms with Crippen LogP contribution in [-0.4, -0.2) is 17.0 Å². The van der Waals surface area contributed by atoms with E-state index in [9.17, 15) is 0 Å². The molecule has 1 aliphatic rings.